The molecule has 0 heterocycles. The Bertz CT molecular complexity index is 1210. The molecule has 0 saturated carbocycles. The van der Waals surface area contributed by atoms with E-state index in [4.69, 9.17) is 29.8 Å². The molecule has 0 fully saturated rings. The SMILES string of the molecule is NCCCC[C@H](NC(=O)COCCOCCNC(=O)COCCOCCNC(=O)CC[C@H](NC(=O)CCCCCCCCCCCCCCCCCCC(=O)O)C(=O)O)C(=O)O. The van der Waals surface area contributed by atoms with E-state index in [-0.39, 0.29) is 116 Å². The number of hydrogen-bond donors (Lipinski definition) is 8. The number of amides is 4. The lowest BCUT2D eigenvalue weighted by molar-refractivity contribution is -0.143. The van der Waals surface area contributed by atoms with Crippen LogP contribution < -0.4 is 27.0 Å². The summed E-state index contributed by atoms with van der Waals surface area (Å²) < 4.78 is 21.2. The second-order valence-corrected chi connectivity index (χ2v) is 15.3. The maximum Gasteiger partial charge on any atom is 0.326 e. The standard InChI is InChI=1S/C43H79N5O14/c44-24-18-17-19-35(42(55)56)48-40(52)34-62-32-30-60-28-26-46-39(51)33-61-31-29-59-27-25-45-37(49)23-22-36(43(57)58)47-38(50)20-15-13-11-9-7-5-3-1-2-4-6-8-10-12-14-16-21-41(53)54/h35-36H,1-34,44H2,(H,45,49)(H,46,51)(H,47,50)(H,48,52)(H,53,54)(H,55,56)(H,57,58)/t35-,36-/m0/s1. The van der Waals surface area contributed by atoms with E-state index in [2.05, 4.69) is 21.3 Å². The van der Waals surface area contributed by atoms with Gasteiger partial charge in [0, 0.05) is 32.4 Å². The van der Waals surface area contributed by atoms with E-state index < -0.39 is 35.9 Å². The molecule has 0 aliphatic heterocycles. The highest BCUT2D eigenvalue weighted by Gasteiger charge is 2.21. The molecule has 0 aliphatic carbocycles. The van der Waals surface area contributed by atoms with Crippen LogP contribution in [0.5, 0.6) is 0 Å². The normalized spacial score (nSPS) is 12.0. The fourth-order valence-electron chi connectivity index (χ4n) is 6.26. The van der Waals surface area contributed by atoms with Crippen LogP contribution in [0.25, 0.3) is 0 Å². The van der Waals surface area contributed by atoms with E-state index in [0.717, 1.165) is 38.5 Å². The van der Waals surface area contributed by atoms with Crippen LogP contribution in [0.3, 0.4) is 0 Å². The predicted octanol–water partition coefficient (Wildman–Crippen LogP) is 3.44. The molecule has 360 valence electrons. The number of rotatable bonds is 46. The molecular formula is C43H79N5O14. The molecule has 0 aromatic carbocycles. The highest BCUT2D eigenvalue weighted by molar-refractivity contribution is 5.85. The summed E-state index contributed by atoms with van der Waals surface area (Å²) >= 11 is 0. The molecule has 9 N–H and O–H groups in total. The molecule has 0 rings (SSSR count). The number of carbonyl (C=O) groups is 7. The van der Waals surface area contributed by atoms with E-state index in [1.54, 1.807) is 0 Å². The molecule has 0 aliphatic rings. The van der Waals surface area contributed by atoms with Gasteiger partial charge in [-0.1, -0.05) is 89.9 Å². The quantitative estimate of drug-likeness (QED) is 0.0406. The van der Waals surface area contributed by atoms with Crippen molar-refractivity contribution in [2.45, 2.75) is 160 Å². The van der Waals surface area contributed by atoms with E-state index in [9.17, 15) is 43.8 Å². The Morgan fingerprint density at radius 3 is 1.27 bits per heavy atom. The van der Waals surface area contributed by atoms with Gasteiger partial charge in [-0.3, -0.25) is 24.0 Å². The Balaban J connectivity index is 3.70. The molecule has 4 amide bonds. The van der Waals surface area contributed by atoms with Gasteiger partial charge >= 0.3 is 17.9 Å². The summed E-state index contributed by atoms with van der Waals surface area (Å²) in [7, 11) is 0. The number of nitrogens with one attached hydrogen (secondary N) is 4. The van der Waals surface area contributed by atoms with Crippen molar-refractivity contribution in [2.75, 3.05) is 72.5 Å². The Labute approximate surface area is 368 Å². The zero-order chi connectivity index (χ0) is 45.9. The van der Waals surface area contributed by atoms with E-state index in [1.807, 2.05) is 0 Å². The van der Waals surface area contributed by atoms with Gasteiger partial charge in [-0.2, -0.15) is 0 Å². The number of aliphatic carboxylic acids is 3. The van der Waals surface area contributed by atoms with Crippen LogP contribution in [0.15, 0.2) is 0 Å². The third kappa shape index (κ3) is 40.2. The highest BCUT2D eigenvalue weighted by atomic mass is 16.5. The van der Waals surface area contributed by atoms with Crippen molar-refractivity contribution in [3.63, 3.8) is 0 Å². The fourth-order valence-corrected chi connectivity index (χ4v) is 6.26. The highest BCUT2D eigenvalue weighted by Crippen LogP contribution is 2.14. The van der Waals surface area contributed by atoms with Gasteiger partial charge in [-0.15, -0.1) is 0 Å². The molecule has 19 nitrogen and oxygen atoms in total. The Morgan fingerprint density at radius 1 is 0.403 bits per heavy atom. The van der Waals surface area contributed by atoms with Crippen molar-refractivity contribution in [2.24, 2.45) is 5.73 Å². The summed E-state index contributed by atoms with van der Waals surface area (Å²) in [5.41, 5.74) is 5.41. The van der Waals surface area contributed by atoms with Gasteiger partial charge in [0.25, 0.3) is 0 Å². The van der Waals surface area contributed by atoms with Gasteiger partial charge in [0.1, 0.15) is 25.3 Å². The first-order valence-corrected chi connectivity index (χ1v) is 22.8. The summed E-state index contributed by atoms with van der Waals surface area (Å²) in [6.45, 7) is 1.39. The zero-order valence-corrected chi connectivity index (χ0v) is 37.1. The molecule has 62 heavy (non-hydrogen) atoms. The molecule has 0 saturated heterocycles. The number of carbonyl (C=O) groups excluding carboxylic acids is 4. The summed E-state index contributed by atoms with van der Waals surface area (Å²) in [4.78, 5) is 81.8. The Morgan fingerprint density at radius 2 is 0.806 bits per heavy atom. The summed E-state index contributed by atoms with van der Waals surface area (Å²) in [5.74, 6) is -4.59. The molecule has 0 radical (unpaired) electrons. The van der Waals surface area contributed by atoms with Crippen LogP contribution >= 0.6 is 0 Å². The first-order valence-electron chi connectivity index (χ1n) is 22.8. The van der Waals surface area contributed by atoms with Crippen molar-refractivity contribution < 1.29 is 67.8 Å². The molecule has 2 atom stereocenters. The summed E-state index contributed by atoms with van der Waals surface area (Å²) in [6, 6.07) is -2.14. The topological polar surface area (TPSA) is 291 Å². The summed E-state index contributed by atoms with van der Waals surface area (Å²) in [5, 5.41) is 37.6. The molecule has 0 spiro atoms. The van der Waals surface area contributed by atoms with Crippen LogP contribution in [0, 0.1) is 0 Å². The number of nitrogens with two attached hydrogens (primary N) is 1. The first kappa shape index (κ1) is 58.1. The van der Waals surface area contributed by atoms with Crippen LogP contribution in [-0.2, 0) is 52.5 Å². The lowest BCUT2D eigenvalue weighted by atomic mass is 10.0. The second kappa shape index (κ2) is 42.4. The van der Waals surface area contributed by atoms with Crippen molar-refractivity contribution in [1.29, 1.82) is 0 Å². The van der Waals surface area contributed by atoms with Gasteiger partial charge in [0.2, 0.25) is 23.6 Å². The zero-order valence-electron chi connectivity index (χ0n) is 37.1. The third-order valence-corrected chi connectivity index (χ3v) is 9.77. The van der Waals surface area contributed by atoms with E-state index >= 15 is 0 Å². The number of carboxylic acid groups (broad SMARTS) is 3. The van der Waals surface area contributed by atoms with Crippen molar-refractivity contribution in [3.05, 3.63) is 0 Å². The van der Waals surface area contributed by atoms with Crippen LogP contribution in [-0.4, -0.2) is 141 Å². The van der Waals surface area contributed by atoms with Crippen molar-refractivity contribution >= 4 is 41.5 Å². The van der Waals surface area contributed by atoms with Gasteiger partial charge in [0.15, 0.2) is 0 Å². The maximum absolute atomic E-state index is 12.3. The molecule has 19 heteroatoms. The van der Waals surface area contributed by atoms with Gasteiger partial charge in [-0.05, 0) is 45.1 Å². The monoisotopic (exact) mass is 890 g/mol. The number of ether oxygens (including phenoxy) is 4. The maximum atomic E-state index is 12.3. The van der Waals surface area contributed by atoms with Gasteiger partial charge in [-0.25, -0.2) is 9.59 Å². The second-order valence-electron chi connectivity index (χ2n) is 15.3. The average Bonchev–Trinajstić information content (AvgIpc) is 3.23. The molecular weight excluding hydrogens is 810 g/mol. The largest absolute Gasteiger partial charge is 0.481 e. The number of hydrogen-bond acceptors (Lipinski definition) is 12. The number of unbranched alkanes of at least 4 members (excludes halogenated alkanes) is 16. The molecule has 0 bridgehead atoms. The fraction of sp³-hybridized carbons (Fsp3) is 0.837. The first-order chi connectivity index (χ1) is 30.0. The molecule has 0 unspecified atom stereocenters. The van der Waals surface area contributed by atoms with Gasteiger partial charge < -0.3 is 61.3 Å². The van der Waals surface area contributed by atoms with Crippen LogP contribution in [0.4, 0.5) is 0 Å². The average molecular weight is 890 g/mol. The van der Waals surface area contributed by atoms with Crippen molar-refractivity contribution in [3.8, 4) is 0 Å². The smallest absolute Gasteiger partial charge is 0.326 e. The third-order valence-electron chi connectivity index (χ3n) is 9.77. The van der Waals surface area contributed by atoms with E-state index in [0.29, 0.717) is 25.8 Å². The van der Waals surface area contributed by atoms with Crippen LogP contribution in [0.1, 0.15) is 148 Å². The van der Waals surface area contributed by atoms with E-state index in [1.165, 1.54) is 57.8 Å². The van der Waals surface area contributed by atoms with Crippen molar-refractivity contribution in [1.82, 2.24) is 21.3 Å². The lowest BCUT2D eigenvalue weighted by Gasteiger charge is -2.14. The minimum Gasteiger partial charge on any atom is -0.481 e. The van der Waals surface area contributed by atoms with Crippen LogP contribution in [0.2, 0.25) is 0 Å². The number of carboxylic acids is 3. The van der Waals surface area contributed by atoms with Gasteiger partial charge in [0.05, 0.1) is 39.6 Å². The minimum absolute atomic E-state index is 0.0326. The predicted molar refractivity (Wildman–Crippen MR) is 231 cm³/mol. The molecule has 0 aromatic rings. The Kier molecular flexibility index (Phi) is 39.7. The molecule has 0 aromatic heterocycles. The minimum atomic E-state index is -1.19. The lowest BCUT2D eigenvalue weighted by Crippen LogP contribution is -2.42. The Hall–Kier alpha value is -3.91. The summed E-state index contributed by atoms with van der Waals surface area (Å²) in [6.07, 6.45) is 19.7.